The molecule has 1 aromatic carbocycles. The lowest BCUT2D eigenvalue weighted by molar-refractivity contribution is 0.186. The molecule has 1 atom stereocenters. The zero-order chi connectivity index (χ0) is 16.0. The van der Waals surface area contributed by atoms with Gasteiger partial charge in [-0.3, -0.25) is 4.90 Å². The second kappa shape index (κ2) is 8.65. The first-order chi connectivity index (χ1) is 9.81. The van der Waals surface area contributed by atoms with Gasteiger partial charge in [0.05, 0.1) is 0 Å². The van der Waals surface area contributed by atoms with Gasteiger partial charge in [-0.25, -0.2) is 0 Å². The minimum atomic E-state index is 0.182. The highest BCUT2D eigenvalue weighted by Crippen LogP contribution is 2.31. The highest BCUT2D eigenvalue weighted by atomic mass is 35.5. The molecule has 0 amide bonds. The number of aromatic hydroxyl groups is 1. The van der Waals surface area contributed by atoms with Gasteiger partial charge in [-0.1, -0.05) is 39.3 Å². The maximum atomic E-state index is 10.1. The Morgan fingerprint density at radius 3 is 2.00 bits per heavy atom. The highest BCUT2D eigenvalue weighted by Gasteiger charge is 2.19. The molecule has 0 bridgehead atoms. The van der Waals surface area contributed by atoms with Crippen molar-refractivity contribution in [2.45, 2.75) is 53.5 Å². The second-order valence-corrected chi connectivity index (χ2v) is 7.22. The predicted octanol–water partition coefficient (Wildman–Crippen LogP) is 5.50. The van der Waals surface area contributed by atoms with Gasteiger partial charge in [-0.2, -0.15) is 0 Å². The van der Waals surface area contributed by atoms with Crippen molar-refractivity contribution in [3.63, 3.8) is 0 Å². The molecule has 0 aliphatic heterocycles. The van der Waals surface area contributed by atoms with Crippen LogP contribution in [0.15, 0.2) is 18.2 Å². The van der Waals surface area contributed by atoms with Crippen molar-refractivity contribution in [1.82, 2.24) is 4.90 Å². The molecule has 0 fully saturated rings. The van der Waals surface area contributed by atoms with Gasteiger partial charge in [0.1, 0.15) is 5.75 Å². The standard InChI is InChI=1S/C18H30ClNO/c1-13(2)8-10-20(11-9-14(3)4)15(5)17-12-16(19)6-7-18(17)21/h6-7,12-15,21H,8-11H2,1-5H3. The first-order valence-corrected chi connectivity index (χ1v) is 8.41. The Bertz CT molecular complexity index is 419. The molecule has 1 aromatic rings. The minimum Gasteiger partial charge on any atom is -0.508 e. The summed E-state index contributed by atoms with van der Waals surface area (Å²) < 4.78 is 0. The number of benzene rings is 1. The lowest BCUT2D eigenvalue weighted by Gasteiger charge is -2.31. The predicted molar refractivity (Wildman–Crippen MR) is 92.0 cm³/mol. The summed E-state index contributed by atoms with van der Waals surface area (Å²) in [4.78, 5) is 2.46. The molecule has 120 valence electrons. The third-order valence-corrected chi connectivity index (χ3v) is 4.21. The molecule has 2 nitrogen and oxygen atoms in total. The quantitative estimate of drug-likeness (QED) is 0.685. The van der Waals surface area contributed by atoms with E-state index in [1.54, 1.807) is 12.1 Å². The number of rotatable bonds is 8. The van der Waals surface area contributed by atoms with Crippen molar-refractivity contribution in [3.8, 4) is 5.75 Å². The van der Waals surface area contributed by atoms with Gasteiger partial charge in [0.2, 0.25) is 0 Å². The molecule has 0 radical (unpaired) electrons. The molecule has 0 aliphatic carbocycles. The molecule has 21 heavy (non-hydrogen) atoms. The van der Waals surface area contributed by atoms with E-state index in [-0.39, 0.29) is 6.04 Å². The third-order valence-electron chi connectivity index (χ3n) is 3.97. The van der Waals surface area contributed by atoms with Crippen molar-refractivity contribution in [2.75, 3.05) is 13.1 Å². The van der Waals surface area contributed by atoms with Crippen molar-refractivity contribution < 1.29 is 5.11 Å². The Labute approximate surface area is 135 Å². The fraction of sp³-hybridized carbons (Fsp3) is 0.667. The summed E-state index contributed by atoms with van der Waals surface area (Å²) in [7, 11) is 0. The normalized spacial score (nSPS) is 13.4. The van der Waals surface area contributed by atoms with Gasteiger partial charge in [-0.15, -0.1) is 0 Å². The van der Waals surface area contributed by atoms with Crippen LogP contribution < -0.4 is 0 Å². The monoisotopic (exact) mass is 311 g/mol. The molecular weight excluding hydrogens is 282 g/mol. The Hall–Kier alpha value is -0.730. The summed E-state index contributed by atoms with van der Waals surface area (Å²) in [6.45, 7) is 13.3. The molecule has 1 N–H and O–H groups in total. The molecule has 1 unspecified atom stereocenters. The summed E-state index contributed by atoms with van der Waals surface area (Å²) in [6, 6.07) is 5.50. The Morgan fingerprint density at radius 2 is 1.52 bits per heavy atom. The number of phenolic OH excluding ortho intramolecular Hbond substituents is 1. The van der Waals surface area contributed by atoms with E-state index >= 15 is 0 Å². The summed E-state index contributed by atoms with van der Waals surface area (Å²) >= 11 is 6.09. The van der Waals surface area contributed by atoms with E-state index in [1.165, 1.54) is 12.8 Å². The Morgan fingerprint density at radius 1 is 1.00 bits per heavy atom. The van der Waals surface area contributed by atoms with Crippen LogP contribution in [0.2, 0.25) is 5.02 Å². The number of hydrogen-bond donors (Lipinski definition) is 1. The molecule has 0 aliphatic rings. The summed E-state index contributed by atoms with van der Waals surface area (Å²) in [5.74, 6) is 1.71. The maximum Gasteiger partial charge on any atom is 0.120 e. The number of hydrogen-bond acceptors (Lipinski definition) is 2. The molecule has 0 heterocycles. The fourth-order valence-corrected chi connectivity index (χ4v) is 2.58. The Balaban J connectivity index is 2.86. The Kier molecular flexibility index (Phi) is 7.55. The SMILES string of the molecule is CC(C)CCN(CCC(C)C)C(C)c1cc(Cl)ccc1O. The molecule has 0 saturated heterocycles. The van der Waals surface area contributed by atoms with Crippen LogP contribution >= 0.6 is 11.6 Å². The molecular formula is C18H30ClNO. The topological polar surface area (TPSA) is 23.5 Å². The molecule has 0 saturated carbocycles. The molecule has 0 aromatic heterocycles. The van der Waals surface area contributed by atoms with Crippen LogP contribution in [0.25, 0.3) is 0 Å². The van der Waals surface area contributed by atoms with Gasteiger partial charge in [-0.05, 0) is 62.9 Å². The van der Waals surface area contributed by atoms with E-state index in [9.17, 15) is 5.11 Å². The molecule has 1 rings (SSSR count). The van der Waals surface area contributed by atoms with Gasteiger partial charge in [0, 0.05) is 16.6 Å². The van der Waals surface area contributed by atoms with Crippen LogP contribution in [-0.2, 0) is 0 Å². The summed E-state index contributed by atoms with van der Waals surface area (Å²) in [5, 5.41) is 10.8. The van der Waals surface area contributed by atoms with Crippen molar-refractivity contribution in [2.24, 2.45) is 11.8 Å². The van der Waals surface area contributed by atoms with E-state index in [1.807, 2.05) is 6.07 Å². The first-order valence-electron chi connectivity index (χ1n) is 8.03. The second-order valence-electron chi connectivity index (χ2n) is 6.78. The lowest BCUT2D eigenvalue weighted by atomic mass is 10.0. The van der Waals surface area contributed by atoms with Crippen LogP contribution in [0.5, 0.6) is 5.75 Å². The highest BCUT2D eigenvalue weighted by molar-refractivity contribution is 6.30. The number of nitrogens with zero attached hydrogens (tertiary/aromatic N) is 1. The average molecular weight is 312 g/mol. The third kappa shape index (κ3) is 6.27. The van der Waals surface area contributed by atoms with Crippen LogP contribution in [-0.4, -0.2) is 23.1 Å². The van der Waals surface area contributed by atoms with Crippen LogP contribution in [0, 0.1) is 11.8 Å². The number of halogens is 1. The zero-order valence-electron chi connectivity index (χ0n) is 14.1. The number of phenols is 1. The smallest absolute Gasteiger partial charge is 0.120 e. The van der Waals surface area contributed by atoms with Crippen molar-refractivity contribution in [3.05, 3.63) is 28.8 Å². The summed E-state index contributed by atoms with van der Waals surface area (Å²) in [5.41, 5.74) is 0.926. The zero-order valence-corrected chi connectivity index (χ0v) is 14.8. The minimum absolute atomic E-state index is 0.182. The molecule has 3 heteroatoms. The van der Waals surface area contributed by atoms with Crippen molar-refractivity contribution >= 4 is 11.6 Å². The van der Waals surface area contributed by atoms with Crippen LogP contribution in [0.3, 0.4) is 0 Å². The lowest BCUT2D eigenvalue weighted by Crippen LogP contribution is -2.30. The van der Waals surface area contributed by atoms with Crippen molar-refractivity contribution in [1.29, 1.82) is 0 Å². The first kappa shape index (κ1) is 18.3. The van der Waals surface area contributed by atoms with Gasteiger partial charge < -0.3 is 5.11 Å². The summed E-state index contributed by atoms with van der Waals surface area (Å²) in [6.07, 6.45) is 2.34. The van der Waals surface area contributed by atoms with E-state index in [0.717, 1.165) is 18.7 Å². The van der Waals surface area contributed by atoms with Crippen LogP contribution in [0.4, 0.5) is 0 Å². The average Bonchev–Trinajstić information content (AvgIpc) is 2.40. The van der Waals surface area contributed by atoms with E-state index in [2.05, 4.69) is 39.5 Å². The van der Waals surface area contributed by atoms with E-state index < -0.39 is 0 Å². The molecule has 0 spiro atoms. The van der Waals surface area contributed by atoms with E-state index in [0.29, 0.717) is 22.6 Å². The largest absolute Gasteiger partial charge is 0.508 e. The maximum absolute atomic E-state index is 10.1. The van der Waals surface area contributed by atoms with E-state index in [4.69, 9.17) is 11.6 Å². The van der Waals surface area contributed by atoms with Gasteiger partial charge in [0.25, 0.3) is 0 Å². The fourth-order valence-electron chi connectivity index (χ4n) is 2.40. The van der Waals surface area contributed by atoms with Crippen LogP contribution in [0.1, 0.15) is 59.1 Å². The van der Waals surface area contributed by atoms with Gasteiger partial charge >= 0.3 is 0 Å². The van der Waals surface area contributed by atoms with Gasteiger partial charge in [0.15, 0.2) is 0 Å².